The van der Waals surface area contributed by atoms with E-state index < -0.39 is 0 Å². The van der Waals surface area contributed by atoms with Crippen molar-refractivity contribution in [3.63, 3.8) is 0 Å². The number of likely N-dealkylation sites (tertiary alicyclic amines) is 1. The van der Waals surface area contributed by atoms with Gasteiger partial charge in [-0.2, -0.15) is 0 Å². The van der Waals surface area contributed by atoms with E-state index in [1.54, 1.807) is 21.3 Å². The maximum absolute atomic E-state index is 11.7. The fourth-order valence-corrected chi connectivity index (χ4v) is 3.06. The van der Waals surface area contributed by atoms with Crippen LogP contribution in [0.1, 0.15) is 18.4 Å². The van der Waals surface area contributed by atoms with E-state index in [0.29, 0.717) is 30.3 Å². The first kappa shape index (κ1) is 17.4. The number of hydrazine groups is 1. The third-order valence-electron chi connectivity index (χ3n) is 4.20. The molecule has 0 unspecified atom stereocenters. The van der Waals surface area contributed by atoms with E-state index in [-0.39, 0.29) is 11.8 Å². The van der Waals surface area contributed by atoms with Crippen LogP contribution in [0.2, 0.25) is 0 Å². The van der Waals surface area contributed by atoms with Gasteiger partial charge in [0.15, 0.2) is 11.5 Å². The zero-order chi connectivity index (χ0) is 16.8. The summed E-state index contributed by atoms with van der Waals surface area (Å²) in [5, 5.41) is 0. The lowest BCUT2D eigenvalue weighted by Gasteiger charge is -2.32. The first-order valence-electron chi connectivity index (χ1n) is 7.65. The molecular weight excluding hydrogens is 298 g/mol. The molecule has 7 nitrogen and oxygen atoms in total. The van der Waals surface area contributed by atoms with Gasteiger partial charge < -0.3 is 14.2 Å². The summed E-state index contributed by atoms with van der Waals surface area (Å²) in [6.07, 6.45) is 1.83. The van der Waals surface area contributed by atoms with E-state index in [2.05, 4.69) is 10.3 Å². The van der Waals surface area contributed by atoms with Crippen molar-refractivity contribution in [3.8, 4) is 17.2 Å². The van der Waals surface area contributed by atoms with Crippen LogP contribution in [-0.2, 0) is 11.3 Å². The summed E-state index contributed by atoms with van der Waals surface area (Å²) in [6, 6.07) is 3.83. The van der Waals surface area contributed by atoms with Crippen LogP contribution in [0.4, 0.5) is 0 Å². The van der Waals surface area contributed by atoms with Gasteiger partial charge in [0, 0.05) is 18.7 Å². The third kappa shape index (κ3) is 3.86. The average Bonchev–Trinajstić information content (AvgIpc) is 2.60. The van der Waals surface area contributed by atoms with Gasteiger partial charge >= 0.3 is 0 Å². The maximum Gasteiger partial charge on any atom is 0.238 e. The van der Waals surface area contributed by atoms with Crippen LogP contribution in [0.15, 0.2) is 12.1 Å². The molecule has 1 atom stereocenters. The summed E-state index contributed by atoms with van der Waals surface area (Å²) in [5.41, 5.74) is 3.25. The monoisotopic (exact) mass is 323 g/mol. The summed E-state index contributed by atoms with van der Waals surface area (Å²) in [4.78, 5) is 14.0. The van der Waals surface area contributed by atoms with Crippen molar-refractivity contribution in [1.82, 2.24) is 10.3 Å². The molecule has 23 heavy (non-hydrogen) atoms. The predicted molar refractivity (Wildman–Crippen MR) is 86.4 cm³/mol. The Morgan fingerprint density at radius 1 is 1.26 bits per heavy atom. The van der Waals surface area contributed by atoms with Crippen LogP contribution < -0.4 is 25.5 Å². The molecule has 1 fully saturated rings. The Labute approximate surface area is 136 Å². The lowest BCUT2D eigenvalue weighted by Crippen LogP contribution is -2.44. The van der Waals surface area contributed by atoms with Crippen molar-refractivity contribution in [1.29, 1.82) is 0 Å². The highest BCUT2D eigenvalue weighted by Crippen LogP contribution is 2.40. The molecule has 7 heteroatoms. The van der Waals surface area contributed by atoms with Gasteiger partial charge in [0.05, 0.1) is 27.2 Å². The maximum atomic E-state index is 11.7. The van der Waals surface area contributed by atoms with Gasteiger partial charge in [-0.05, 0) is 25.5 Å². The standard InChI is InChI=1S/C16H25N3O4/c1-21-13-7-6-11(14(22-2)15(13)23-3)9-19-8-4-5-12(10-19)16(20)18-17/h6-7,12H,4-5,8-10,17H2,1-3H3,(H,18,20)/t12-/m1/s1. The highest BCUT2D eigenvalue weighted by Gasteiger charge is 2.26. The molecule has 0 saturated carbocycles. The Bertz CT molecular complexity index is 550. The van der Waals surface area contributed by atoms with Crippen LogP contribution >= 0.6 is 0 Å². The number of carbonyl (C=O) groups excluding carboxylic acids is 1. The molecule has 2 rings (SSSR count). The summed E-state index contributed by atoms with van der Waals surface area (Å²) in [5.74, 6) is 6.96. The van der Waals surface area contributed by atoms with Crippen molar-refractivity contribution in [2.45, 2.75) is 19.4 Å². The molecule has 1 amide bonds. The second kappa shape index (κ2) is 8.03. The second-order valence-electron chi connectivity index (χ2n) is 5.58. The lowest BCUT2D eigenvalue weighted by molar-refractivity contribution is -0.126. The highest BCUT2D eigenvalue weighted by molar-refractivity contribution is 5.78. The van der Waals surface area contributed by atoms with Crippen molar-refractivity contribution in [2.24, 2.45) is 11.8 Å². The minimum absolute atomic E-state index is 0.0695. The fourth-order valence-electron chi connectivity index (χ4n) is 3.06. The molecule has 1 aromatic carbocycles. The van der Waals surface area contributed by atoms with Gasteiger partial charge in [0.2, 0.25) is 11.7 Å². The van der Waals surface area contributed by atoms with Crippen LogP contribution in [0.5, 0.6) is 17.2 Å². The molecule has 1 aliphatic heterocycles. The third-order valence-corrected chi connectivity index (χ3v) is 4.20. The van der Waals surface area contributed by atoms with Gasteiger partial charge in [-0.15, -0.1) is 0 Å². The van der Waals surface area contributed by atoms with Gasteiger partial charge in [-0.25, -0.2) is 5.84 Å². The molecular formula is C16H25N3O4. The lowest BCUT2D eigenvalue weighted by atomic mass is 9.97. The Morgan fingerprint density at radius 2 is 2.00 bits per heavy atom. The smallest absolute Gasteiger partial charge is 0.238 e. The normalized spacial score (nSPS) is 18.3. The van der Waals surface area contributed by atoms with Gasteiger partial charge in [0.1, 0.15) is 0 Å². The second-order valence-corrected chi connectivity index (χ2v) is 5.58. The molecule has 0 spiro atoms. The molecule has 0 bridgehead atoms. The van der Waals surface area contributed by atoms with Gasteiger partial charge in [-0.3, -0.25) is 15.1 Å². The van der Waals surface area contributed by atoms with Crippen LogP contribution in [-0.4, -0.2) is 45.2 Å². The van der Waals surface area contributed by atoms with E-state index in [1.807, 2.05) is 12.1 Å². The van der Waals surface area contributed by atoms with Crippen molar-refractivity contribution < 1.29 is 19.0 Å². The number of nitrogens with two attached hydrogens (primary N) is 1. The molecule has 0 aromatic heterocycles. The Morgan fingerprint density at radius 3 is 2.61 bits per heavy atom. The summed E-state index contributed by atoms with van der Waals surface area (Å²) >= 11 is 0. The van der Waals surface area contributed by atoms with E-state index in [1.165, 1.54) is 0 Å². The quantitative estimate of drug-likeness (QED) is 0.460. The average molecular weight is 323 g/mol. The number of hydrogen-bond acceptors (Lipinski definition) is 6. The number of piperidine rings is 1. The molecule has 1 saturated heterocycles. The predicted octanol–water partition coefficient (Wildman–Crippen LogP) is 0.914. The number of nitrogens with zero attached hydrogens (tertiary/aromatic N) is 1. The summed E-state index contributed by atoms with van der Waals surface area (Å²) in [7, 11) is 4.80. The highest BCUT2D eigenvalue weighted by atomic mass is 16.5. The molecule has 1 aromatic rings. The van der Waals surface area contributed by atoms with E-state index in [9.17, 15) is 4.79 Å². The van der Waals surface area contributed by atoms with Crippen LogP contribution in [0.25, 0.3) is 0 Å². The van der Waals surface area contributed by atoms with E-state index in [4.69, 9.17) is 20.1 Å². The van der Waals surface area contributed by atoms with Gasteiger partial charge in [-0.1, -0.05) is 6.07 Å². The Hall–Kier alpha value is -1.99. The molecule has 1 aliphatic rings. The largest absolute Gasteiger partial charge is 0.493 e. The number of rotatable bonds is 6. The molecule has 1 heterocycles. The minimum Gasteiger partial charge on any atom is -0.493 e. The number of methoxy groups -OCH3 is 3. The number of ether oxygens (including phenoxy) is 3. The molecule has 3 N–H and O–H groups in total. The first-order valence-corrected chi connectivity index (χ1v) is 7.65. The fraction of sp³-hybridized carbons (Fsp3) is 0.562. The molecule has 0 aliphatic carbocycles. The van der Waals surface area contributed by atoms with Gasteiger partial charge in [0.25, 0.3) is 0 Å². The van der Waals surface area contributed by atoms with E-state index >= 15 is 0 Å². The zero-order valence-electron chi connectivity index (χ0n) is 13.9. The number of hydrogen-bond donors (Lipinski definition) is 2. The molecule has 0 radical (unpaired) electrons. The number of amides is 1. The van der Waals surface area contributed by atoms with Crippen molar-refractivity contribution >= 4 is 5.91 Å². The first-order chi connectivity index (χ1) is 11.1. The zero-order valence-corrected chi connectivity index (χ0v) is 13.9. The SMILES string of the molecule is COc1ccc(CN2CCC[C@@H](C(=O)NN)C2)c(OC)c1OC. The summed E-state index contributed by atoms with van der Waals surface area (Å²) in [6.45, 7) is 2.30. The summed E-state index contributed by atoms with van der Waals surface area (Å²) < 4.78 is 16.2. The van der Waals surface area contributed by atoms with Crippen molar-refractivity contribution in [3.05, 3.63) is 17.7 Å². The van der Waals surface area contributed by atoms with Crippen LogP contribution in [0, 0.1) is 5.92 Å². The number of benzene rings is 1. The van der Waals surface area contributed by atoms with E-state index in [0.717, 1.165) is 24.9 Å². The Kier molecular flexibility index (Phi) is 6.06. The number of carbonyl (C=O) groups is 1. The minimum atomic E-state index is -0.103. The Balaban J connectivity index is 2.17. The van der Waals surface area contributed by atoms with Crippen LogP contribution in [0.3, 0.4) is 0 Å². The number of nitrogens with one attached hydrogen (secondary N) is 1. The topological polar surface area (TPSA) is 86.1 Å². The van der Waals surface area contributed by atoms with Crippen molar-refractivity contribution in [2.75, 3.05) is 34.4 Å². The molecule has 128 valence electrons.